The molecule has 5 heteroatoms. The fourth-order valence-corrected chi connectivity index (χ4v) is 6.37. The molecule has 0 spiro atoms. The molecule has 5 rings (SSSR count). The van der Waals surface area contributed by atoms with Gasteiger partial charge in [-0.3, -0.25) is 9.89 Å². The summed E-state index contributed by atoms with van der Waals surface area (Å²) in [5, 5.41) is 9.83. The van der Waals surface area contributed by atoms with Crippen LogP contribution in [-0.2, 0) is 0 Å². The third kappa shape index (κ3) is 1.97. The Balaban J connectivity index is 1.63. The van der Waals surface area contributed by atoms with Crippen molar-refractivity contribution >= 4 is 11.7 Å². The van der Waals surface area contributed by atoms with Crippen molar-refractivity contribution in [3.63, 3.8) is 0 Å². The highest BCUT2D eigenvalue weighted by Gasteiger charge is 2.60. The maximum Gasteiger partial charge on any atom is 0.257 e. The number of rotatable bonds is 2. The Hall–Kier alpha value is -1.52. The number of hydrogen-bond acceptors (Lipinski definition) is 3. The molecule has 2 unspecified atom stereocenters. The number of nitrogens with two attached hydrogens (primary N) is 1. The highest BCUT2D eigenvalue weighted by molar-refractivity contribution is 5.98. The SMILES string of the molecule is CC12CC3CC(C)(C1)CC(NC(=O)c1cn[nH]c1N)(C3)C2. The second-order valence-electron chi connectivity index (χ2n) is 8.56. The first-order valence-corrected chi connectivity index (χ1v) is 7.92. The molecule has 1 heterocycles. The van der Waals surface area contributed by atoms with E-state index in [9.17, 15) is 4.79 Å². The zero-order valence-electron chi connectivity index (χ0n) is 12.8. The minimum Gasteiger partial charge on any atom is -0.383 e. The van der Waals surface area contributed by atoms with Crippen LogP contribution in [0.15, 0.2) is 6.20 Å². The van der Waals surface area contributed by atoms with E-state index < -0.39 is 0 Å². The first kappa shape index (κ1) is 13.2. The number of carbonyl (C=O) groups excluding carboxylic acids is 1. The number of hydrogen-bond donors (Lipinski definition) is 3. The molecule has 1 aromatic rings. The van der Waals surface area contributed by atoms with Gasteiger partial charge in [-0.15, -0.1) is 0 Å². The van der Waals surface area contributed by atoms with E-state index in [4.69, 9.17) is 5.73 Å². The minimum absolute atomic E-state index is 0.0380. The van der Waals surface area contributed by atoms with Crippen LogP contribution in [0.4, 0.5) is 5.82 Å². The lowest BCUT2D eigenvalue weighted by atomic mass is 9.43. The summed E-state index contributed by atoms with van der Waals surface area (Å²) in [6.45, 7) is 4.81. The summed E-state index contributed by atoms with van der Waals surface area (Å²) in [5.74, 6) is 1.04. The van der Waals surface area contributed by atoms with E-state index in [1.165, 1.54) is 25.5 Å². The van der Waals surface area contributed by atoms with Gasteiger partial charge in [0, 0.05) is 5.54 Å². The average molecular weight is 288 g/mol. The fourth-order valence-electron chi connectivity index (χ4n) is 6.37. The number of nitrogens with zero attached hydrogens (tertiary/aromatic N) is 1. The van der Waals surface area contributed by atoms with E-state index in [1.54, 1.807) is 0 Å². The molecule has 0 saturated heterocycles. The molecule has 4 bridgehead atoms. The second-order valence-corrected chi connectivity index (χ2v) is 8.56. The highest BCUT2D eigenvalue weighted by atomic mass is 16.1. The Bertz CT molecular complexity index is 589. The van der Waals surface area contributed by atoms with Gasteiger partial charge >= 0.3 is 0 Å². The molecule has 4 aliphatic rings. The van der Waals surface area contributed by atoms with Gasteiger partial charge < -0.3 is 11.1 Å². The smallest absolute Gasteiger partial charge is 0.257 e. The molecule has 0 aliphatic heterocycles. The summed E-state index contributed by atoms with van der Waals surface area (Å²) in [5.41, 5.74) is 7.00. The van der Waals surface area contributed by atoms with Crippen LogP contribution in [0.2, 0.25) is 0 Å². The Morgan fingerprint density at radius 3 is 2.48 bits per heavy atom. The van der Waals surface area contributed by atoms with Crippen LogP contribution in [-0.4, -0.2) is 21.6 Å². The molecule has 4 saturated carbocycles. The van der Waals surface area contributed by atoms with E-state index in [0.29, 0.717) is 22.2 Å². The lowest BCUT2D eigenvalue weighted by Crippen LogP contribution is -2.65. The quantitative estimate of drug-likeness (QED) is 0.781. The Morgan fingerprint density at radius 2 is 1.95 bits per heavy atom. The molecule has 21 heavy (non-hydrogen) atoms. The van der Waals surface area contributed by atoms with Gasteiger partial charge in [-0.2, -0.15) is 5.10 Å². The molecule has 114 valence electrons. The van der Waals surface area contributed by atoms with Crippen molar-refractivity contribution in [2.45, 2.75) is 57.9 Å². The first-order chi connectivity index (χ1) is 9.81. The maximum atomic E-state index is 12.6. The number of aromatic amines is 1. The Morgan fingerprint density at radius 1 is 1.29 bits per heavy atom. The summed E-state index contributed by atoms with van der Waals surface area (Å²) in [6, 6.07) is 0. The van der Waals surface area contributed by atoms with E-state index in [2.05, 4.69) is 29.4 Å². The zero-order chi connectivity index (χ0) is 14.9. The number of anilines is 1. The van der Waals surface area contributed by atoms with Crippen LogP contribution in [0.1, 0.15) is 62.7 Å². The summed E-state index contributed by atoms with van der Waals surface area (Å²) >= 11 is 0. The van der Waals surface area contributed by atoms with Gasteiger partial charge in [-0.1, -0.05) is 13.8 Å². The van der Waals surface area contributed by atoms with Gasteiger partial charge in [0.1, 0.15) is 11.4 Å². The highest BCUT2D eigenvalue weighted by Crippen LogP contribution is 2.66. The molecule has 4 fully saturated rings. The normalized spacial score (nSPS) is 44.0. The van der Waals surface area contributed by atoms with Crippen LogP contribution < -0.4 is 11.1 Å². The fraction of sp³-hybridized carbons (Fsp3) is 0.750. The Kier molecular flexibility index (Phi) is 2.39. The van der Waals surface area contributed by atoms with Crippen molar-refractivity contribution in [1.29, 1.82) is 0 Å². The number of aromatic nitrogens is 2. The minimum atomic E-state index is -0.0737. The standard InChI is InChI=1S/C16H24N4O/c1-14-3-10-4-15(2,7-14)9-16(5-10,8-14)19-13(21)11-6-18-20-12(11)17/h6,10H,3-5,7-9H2,1-2H3,(H,19,21)(H3,17,18,20). The van der Waals surface area contributed by atoms with E-state index >= 15 is 0 Å². The summed E-state index contributed by atoms with van der Waals surface area (Å²) in [6.07, 6.45) is 8.82. The van der Waals surface area contributed by atoms with Crippen molar-refractivity contribution in [2.24, 2.45) is 16.7 Å². The third-order valence-electron chi connectivity index (χ3n) is 5.92. The second kappa shape index (κ2) is 3.81. The topological polar surface area (TPSA) is 83.8 Å². The summed E-state index contributed by atoms with van der Waals surface area (Å²) in [4.78, 5) is 12.6. The maximum absolute atomic E-state index is 12.6. The lowest BCUT2D eigenvalue weighted by Gasteiger charge is -2.65. The monoisotopic (exact) mass is 288 g/mol. The van der Waals surface area contributed by atoms with Crippen molar-refractivity contribution in [1.82, 2.24) is 15.5 Å². The van der Waals surface area contributed by atoms with E-state index in [1.807, 2.05) is 0 Å². The van der Waals surface area contributed by atoms with Crippen LogP contribution in [0.3, 0.4) is 0 Å². The predicted octanol–water partition coefficient (Wildman–Crippen LogP) is 2.47. The molecule has 0 aromatic carbocycles. The number of nitrogen functional groups attached to an aromatic ring is 1. The predicted molar refractivity (Wildman–Crippen MR) is 80.6 cm³/mol. The van der Waals surface area contributed by atoms with Crippen molar-refractivity contribution in [3.05, 3.63) is 11.8 Å². The van der Waals surface area contributed by atoms with Gasteiger partial charge in [0.2, 0.25) is 0 Å². The van der Waals surface area contributed by atoms with Crippen LogP contribution in [0.25, 0.3) is 0 Å². The van der Waals surface area contributed by atoms with Gasteiger partial charge in [0.15, 0.2) is 0 Å². The van der Waals surface area contributed by atoms with Crippen molar-refractivity contribution in [3.8, 4) is 0 Å². The number of H-pyrrole nitrogens is 1. The van der Waals surface area contributed by atoms with Gasteiger partial charge in [-0.05, 0) is 55.3 Å². The number of carbonyl (C=O) groups is 1. The largest absolute Gasteiger partial charge is 0.383 e. The molecule has 1 aromatic heterocycles. The van der Waals surface area contributed by atoms with E-state index in [0.717, 1.165) is 25.2 Å². The zero-order valence-corrected chi connectivity index (χ0v) is 12.8. The van der Waals surface area contributed by atoms with E-state index in [-0.39, 0.29) is 11.4 Å². The number of amides is 1. The average Bonchev–Trinajstić information content (AvgIpc) is 2.69. The van der Waals surface area contributed by atoms with Crippen LogP contribution >= 0.6 is 0 Å². The molecule has 2 atom stereocenters. The first-order valence-electron chi connectivity index (χ1n) is 7.92. The van der Waals surface area contributed by atoms with Crippen LogP contribution in [0, 0.1) is 16.7 Å². The summed E-state index contributed by atoms with van der Waals surface area (Å²) < 4.78 is 0. The van der Waals surface area contributed by atoms with Gasteiger partial charge in [0.05, 0.1) is 6.20 Å². The Labute approximate surface area is 125 Å². The molecule has 5 nitrogen and oxygen atoms in total. The van der Waals surface area contributed by atoms with Gasteiger partial charge in [0.25, 0.3) is 5.91 Å². The third-order valence-corrected chi connectivity index (χ3v) is 5.92. The molecule has 4 N–H and O–H groups in total. The lowest BCUT2D eigenvalue weighted by molar-refractivity contribution is -0.114. The van der Waals surface area contributed by atoms with Gasteiger partial charge in [-0.25, -0.2) is 0 Å². The molecule has 1 amide bonds. The van der Waals surface area contributed by atoms with Crippen molar-refractivity contribution < 1.29 is 4.79 Å². The molecule has 0 radical (unpaired) electrons. The molecular weight excluding hydrogens is 264 g/mol. The molecule has 4 aliphatic carbocycles. The molecular formula is C16H24N4O. The summed E-state index contributed by atoms with van der Waals surface area (Å²) in [7, 11) is 0. The van der Waals surface area contributed by atoms with Crippen molar-refractivity contribution in [2.75, 3.05) is 5.73 Å². The number of nitrogens with one attached hydrogen (secondary N) is 2. The van der Waals surface area contributed by atoms with Crippen LogP contribution in [0.5, 0.6) is 0 Å².